The van der Waals surface area contributed by atoms with Crippen LogP contribution >= 0.6 is 0 Å². The molecule has 0 saturated carbocycles. The molecule has 2 aromatic rings. The average Bonchev–Trinajstić information content (AvgIpc) is 2.87. The van der Waals surface area contributed by atoms with Gasteiger partial charge in [0, 0.05) is 18.5 Å². The molecule has 2 N–H and O–H groups in total. The first-order valence-corrected chi connectivity index (χ1v) is 6.31. The molecule has 106 valence electrons. The van der Waals surface area contributed by atoms with Gasteiger partial charge >= 0.3 is 0 Å². The minimum atomic E-state index is -0.467. The third-order valence-corrected chi connectivity index (χ3v) is 3.08. The first-order valence-electron chi connectivity index (χ1n) is 6.31. The molecular formula is C13H16N4O3. The fourth-order valence-corrected chi connectivity index (χ4v) is 1.71. The monoisotopic (exact) mass is 276 g/mol. The predicted octanol–water partition coefficient (Wildman–Crippen LogP) is 2.17. The number of hydrogen-bond acceptors (Lipinski definition) is 6. The van der Waals surface area contributed by atoms with Crippen molar-refractivity contribution in [1.29, 1.82) is 0 Å². The number of para-hydroxylation sites is 1. The summed E-state index contributed by atoms with van der Waals surface area (Å²) in [5.41, 5.74) is 6.23. The molecular weight excluding hydrogens is 260 g/mol. The highest BCUT2D eigenvalue weighted by molar-refractivity contribution is 5.67. The second-order valence-corrected chi connectivity index (χ2v) is 4.90. The summed E-state index contributed by atoms with van der Waals surface area (Å²) >= 11 is 0. The van der Waals surface area contributed by atoms with Gasteiger partial charge < -0.3 is 10.3 Å². The largest absolute Gasteiger partial charge is 0.339 e. The van der Waals surface area contributed by atoms with E-state index in [0.717, 1.165) is 0 Å². The van der Waals surface area contributed by atoms with Gasteiger partial charge in [-0.3, -0.25) is 10.1 Å². The van der Waals surface area contributed by atoms with Crippen LogP contribution < -0.4 is 5.73 Å². The summed E-state index contributed by atoms with van der Waals surface area (Å²) < 4.78 is 5.11. The lowest BCUT2D eigenvalue weighted by Crippen LogP contribution is -2.28. The molecule has 0 fully saturated rings. The van der Waals surface area contributed by atoms with Crippen LogP contribution in [0.3, 0.4) is 0 Å². The Morgan fingerprint density at radius 3 is 2.75 bits per heavy atom. The van der Waals surface area contributed by atoms with Gasteiger partial charge in [0.15, 0.2) is 0 Å². The van der Waals surface area contributed by atoms with Gasteiger partial charge in [-0.05, 0) is 12.0 Å². The first-order chi connectivity index (χ1) is 9.49. The average molecular weight is 276 g/mol. The van der Waals surface area contributed by atoms with Crippen LogP contribution in [0.4, 0.5) is 5.69 Å². The maximum Gasteiger partial charge on any atom is 0.280 e. The fourth-order valence-electron chi connectivity index (χ4n) is 1.71. The molecule has 0 bridgehead atoms. The molecule has 0 radical (unpaired) electrons. The van der Waals surface area contributed by atoms with Crippen molar-refractivity contribution in [2.45, 2.75) is 26.3 Å². The van der Waals surface area contributed by atoms with Crippen molar-refractivity contribution in [3.05, 3.63) is 40.3 Å². The molecule has 0 aliphatic heterocycles. The SMILES string of the molecule is CC(C)C(N)Cc1nc(-c2ccccc2[N+](=O)[O-])no1. The summed E-state index contributed by atoms with van der Waals surface area (Å²) in [6, 6.07) is 6.20. The van der Waals surface area contributed by atoms with Crippen molar-refractivity contribution in [2.24, 2.45) is 11.7 Å². The van der Waals surface area contributed by atoms with Gasteiger partial charge in [0.05, 0.1) is 4.92 Å². The zero-order valence-corrected chi connectivity index (χ0v) is 11.3. The molecule has 2 rings (SSSR count). The number of hydrogen-bond donors (Lipinski definition) is 1. The quantitative estimate of drug-likeness (QED) is 0.662. The number of rotatable bonds is 5. The second kappa shape index (κ2) is 5.79. The van der Waals surface area contributed by atoms with Crippen molar-refractivity contribution < 1.29 is 9.45 Å². The minimum absolute atomic E-state index is 0.0481. The third kappa shape index (κ3) is 3.00. The third-order valence-electron chi connectivity index (χ3n) is 3.08. The van der Waals surface area contributed by atoms with Crippen LogP contribution in [0.15, 0.2) is 28.8 Å². The molecule has 7 heteroatoms. The van der Waals surface area contributed by atoms with E-state index in [-0.39, 0.29) is 23.5 Å². The van der Waals surface area contributed by atoms with Gasteiger partial charge in [-0.1, -0.05) is 31.1 Å². The van der Waals surface area contributed by atoms with Crippen LogP contribution in [0.1, 0.15) is 19.7 Å². The predicted molar refractivity (Wildman–Crippen MR) is 72.9 cm³/mol. The van der Waals surface area contributed by atoms with Crippen molar-refractivity contribution in [3.63, 3.8) is 0 Å². The lowest BCUT2D eigenvalue weighted by atomic mass is 10.0. The Hall–Kier alpha value is -2.28. The molecule has 1 aromatic heterocycles. The van der Waals surface area contributed by atoms with Crippen LogP contribution in [-0.4, -0.2) is 21.1 Å². The van der Waals surface area contributed by atoms with E-state index in [0.29, 0.717) is 17.9 Å². The highest BCUT2D eigenvalue weighted by Crippen LogP contribution is 2.27. The molecule has 0 spiro atoms. The Kier molecular flexibility index (Phi) is 4.09. The molecule has 0 aliphatic carbocycles. The number of nitrogens with two attached hydrogens (primary N) is 1. The molecule has 0 amide bonds. The highest BCUT2D eigenvalue weighted by Gasteiger charge is 2.20. The lowest BCUT2D eigenvalue weighted by molar-refractivity contribution is -0.384. The van der Waals surface area contributed by atoms with Gasteiger partial charge in [0.1, 0.15) is 5.56 Å². The van der Waals surface area contributed by atoms with E-state index in [9.17, 15) is 10.1 Å². The lowest BCUT2D eigenvalue weighted by Gasteiger charge is -2.11. The summed E-state index contributed by atoms with van der Waals surface area (Å²) in [6.45, 7) is 4.01. The smallest absolute Gasteiger partial charge is 0.280 e. The molecule has 1 heterocycles. The molecule has 1 unspecified atom stereocenters. The Bertz CT molecular complexity index is 609. The summed E-state index contributed by atoms with van der Waals surface area (Å²) in [7, 11) is 0. The van der Waals surface area contributed by atoms with E-state index in [2.05, 4.69) is 10.1 Å². The van der Waals surface area contributed by atoms with Crippen LogP contribution in [-0.2, 0) is 6.42 Å². The molecule has 0 saturated heterocycles. The Morgan fingerprint density at radius 2 is 2.10 bits per heavy atom. The maximum atomic E-state index is 11.0. The molecule has 1 atom stereocenters. The number of nitro groups is 1. The van der Waals surface area contributed by atoms with Crippen LogP contribution in [0, 0.1) is 16.0 Å². The standard InChI is InChI=1S/C13H16N4O3/c1-8(2)10(14)7-12-15-13(16-20-12)9-5-3-4-6-11(9)17(18)19/h3-6,8,10H,7,14H2,1-2H3. The second-order valence-electron chi connectivity index (χ2n) is 4.90. The van der Waals surface area contributed by atoms with Crippen LogP contribution in [0.25, 0.3) is 11.4 Å². The zero-order chi connectivity index (χ0) is 14.7. The van der Waals surface area contributed by atoms with Gasteiger partial charge in [-0.2, -0.15) is 4.98 Å². The van der Waals surface area contributed by atoms with Gasteiger partial charge in [-0.15, -0.1) is 0 Å². The van der Waals surface area contributed by atoms with E-state index in [1.165, 1.54) is 6.07 Å². The number of aromatic nitrogens is 2. The Balaban J connectivity index is 2.27. The summed E-state index contributed by atoms with van der Waals surface area (Å²) in [5.74, 6) is 0.888. The van der Waals surface area contributed by atoms with Crippen molar-refractivity contribution in [2.75, 3.05) is 0 Å². The van der Waals surface area contributed by atoms with Crippen LogP contribution in [0.2, 0.25) is 0 Å². The maximum absolute atomic E-state index is 11.0. The van der Waals surface area contributed by atoms with Crippen molar-refractivity contribution in [3.8, 4) is 11.4 Å². The number of nitro benzene ring substituents is 1. The zero-order valence-electron chi connectivity index (χ0n) is 11.3. The molecule has 20 heavy (non-hydrogen) atoms. The van der Waals surface area contributed by atoms with Crippen molar-refractivity contribution >= 4 is 5.69 Å². The molecule has 7 nitrogen and oxygen atoms in total. The highest BCUT2D eigenvalue weighted by atomic mass is 16.6. The fraction of sp³-hybridized carbons (Fsp3) is 0.385. The van der Waals surface area contributed by atoms with Crippen molar-refractivity contribution in [1.82, 2.24) is 10.1 Å². The van der Waals surface area contributed by atoms with E-state index >= 15 is 0 Å². The van der Waals surface area contributed by atoms with Gasteiger partial charge in [0.25, 0.3) is 5.69 Å². The molecule has 0 aliphatic rings. The summed E-state index contributed by atoms with van der Waals surface area (Å²) in [5, 5.41) is 14.8. The number of benzene rings is 1. The van der Waals surface area contributed by atoms with Crippen LogP contribution in [0.5, 0.6) is 0 Å². The van der Waals surface area contributed by atoms with Gasteiger partial charge in [-0.25, -0.2) is 0 Å². The van der Waals surface area contributed by atoms with Gasteiger partial charge in [0.2, 0.25) is 11.7 Å². The first kappa shape index (κ1) is 14.1. The number of nitrogens with zero attached hydrogens (tertiary/aromatic N) is 3. The topological polar surface area (TPSA) is 108 Å². The molecule has 1 aromatic carbocycles. The Morgan fingerprint density at radius 1 is 1.40 bits per heavy atom. The van der Waals surface area contributed by atoms with E-state index < -0.39 is 4.92 Å². The minimum Gasteiger partial charge on any atom is -0.339 e. The Labute approximate surface area is 115 Å². The normalized spacial score (nSPS) is 12.6. The summed E-state index contributed by atoms with van der Waals surface area (Å²) in [4.78, 5) is 14.7. The van der Waals surface area contributed by atoms with E-state index in [1.807, 2.05) is 13.8 Å². The van der Waals surface area contributed by atoms with E-state index in [4.69, 9.17) is 10.3 Å². The van der Waals surface area contributed by atoms with E-state index in [1.54, 1.807) is 18.2 Å². The summed E-state index contributed by atoms with van der Waals surface area (Å²) in [6.07, 6.45) is 0.450.